The molecular weight excluding hydrogens is 172 g/mol. The van der Waals surface area contributed by atoms with E-state index >= 15 is 0 Å². The average Bonchev–Trinajstić information content (AvgIpc) is 2.03. The van der Waals surface area contributed by atoms with Crippen LogP contribution in [-0.4, -0.2) is 18.6 Å². The quantitative estimate of drug-likeness (QED) is 0.620. The Kier molecular flexibility index (Phi) is 3.42. The molecule has 2 unspecified atom stereocenters. The molecule has 12 heavy (non-hydrogen) atoms. The van der Waals surface area contributed by atoms with Gasteiger partial charge in [-0.15, -0.1) is 11.6 Å². The molecule has 0 saturated heterocycles. The fourth-order valence-corrected chi connectivity index (χ4v) is 2.34. The SMILES string of the molecule is CCOC1CC(CCCl)C1(C)C. The third-order valence-corrected chi connectivity index (χ3v) is 3.42. The van der Waals surface area contributed by atoms with Crippen LogP contribution in [-0.2, 0) is 4.74 Å². The first-order chi connectivity index (χ1) is 5.62. The second kappa shape index (κ2) is 3.97. The van der Waals surface area contributed by atoms with E-state index in [1.54, 1.807) is 0 Å². The van der Waals surface area contributed by atoms with E-state index in [0.29, 0.717) is 11.5 Å². The van der Waals surface area contributed by atoms with E-state index in [-0.39, 0.29) is 0 Å². The Balaban J connectivity index is 2.36. The van der Waals surface area contributed by atoms with Gasteiger partial charge in [0, 0.05) is 12.5 Å². The summed E-state index contributed by atoms with van der Waals surface area (Å²) in [6.45, 7) is 7.47. The largest absolute Gasteiger partial charge is 0.378 e. The Morgan fingerprint density at radius 3 is 2.58 bits per heavy atom. The van der Waals surface area contributed by atoms with Gasteiger partial charge in [0.1, 0.15) is 0 Å². The zero-order valence-corrected chi connectivity index (χ0v) is 9.03. The maximum atomic E-state index is 5.72. The monoisotopic (exact) mass is 190 g/mol. The molecule has 0 N–H and O–H groups in total. The first-order valence-electron chi connectivity index (χ1n) is 4.80. The maximum absolute atomic E-state index is 5.72. The lowest BCUT2D eigenvalue weighted by Gasteiger charge is -2.51. The highest BCUT2D eigenvalue weighted by Crippen LogP contribution is 2.49. The summed E-state index contributed by atoms with van der Waals surface area (Å²) in [4.78, 5) is 0. The number of hydrogen-bond donors (Lipinski definition) is 0. The van der Waals surface area contributed by atoms with Gasteiger partial charge in [-0.3, -0.25) is 0 Å². The zero-order chi connectivity index (χ0) is 9.19. The van der Waals surface area contributed by atoms with E-state index in [1.165, 1.54) is 6.42 Å². The Morgan fingerprint density at radius 2 is 2.17 bits per heavy atom. The summed E-state index contributed by atoms with van der Waals surface area (Å²) < 4.78 is 5.63. The molecule has 0 heterocycles. The fraction of sp³-hybridized carbons (Fsp3) is 1.00. The van der Waals surface area contributed by atoms with Crippen molar-refractivity contribution in [3.05, 3.63) is 0 Å². The van der Waals surface area contributed by atoms with Crippen LogP contribution in [0.1, 0.15) is 33.6 Å². The van der Waals surface area contributed by atoms with Crippen molar-refractivity contribution in [1.29, 1.82) is 0 Å². The molecule has 0 aromatic rings. The van der Waals surface area contributed by atoms with E-state index < -0.39 is 0 Å². The van der Waals surface area contributed by atoms with Gasteiger partial charge in [-0.1, -0.05) is 13.8 Å². The van der Waals surface area contributed by atoms with Crippen LogP contribution in [0.5, 0.6) is 0 Å². The summed E-state index contributed by atoms with van der Waals surface area (Å²) in [7, 11) is 0. The van der Waals surface area contributed by atoms with Gasteiger partial charge in [0.25, 0.3) is 0 Å². The van der Waals surface area contributed by atoms with Crippen molar-refractivity contribution < 1.29 is 4.74 Å². The predicted molar refractivity (Wildman–Crippen MR) is 52.6 cm³/mol. The molecule has 1 aliphatic rings. The summed E-state index contributed by atoms with van der Waals surface area (Å²) in [5.41, 5.74) is 0.352. The van der Waals surface area contributed by atoms with Crippen molar-refractivity contribution in [3.63, 3.8) is 0 Å². The van der Waals surface area contributed by atoms with Gasteiger partial charge in [-0.2, -0.15) is 0 Å². The van der Waals surface area contributed by atoms with Crippen LogP contribution in [0.25, 0.3) is 0 Å². The minimum Gasteiger partial charge on any atom is -0.378 e. The average molecular weight is 191 g/mol. The van der Waals surface area contributed by atoms with Crippen LogP contribution in [0.2, 0.25) is 0 Å². The van der Waals surface area contributed by atoms with Gasteiger partial charge >= 0.3 is 0 Å². The van der Waals surface area contributed by atoms with Crippen LogP contribution in [0.15, 0.2) is 0 Å². The van der Waals surface area contributed by atoms with Gasteiger partial charge in [0.2, 0.25) is 0 Å². The smallest absolute Gasteiger partial charge is 0.0631 e. The topological polar surface area (TPSA) is 9.23 Å². The molecule has 0 spiro atoms. The van der Waals surface area contributed by atoms with E-state index in [1.807, 2.05) is 0 Å². The third kappa shape index (κ3) is 1.77. The van der Waals surface area contributed by atoms with Gasteiger partial charge in [-0.25, -0.2) is 0 Å². The molecule has 1 aliphatic carbocycles. The van der Waals surface area contributed by atoms with E-state index in [2.05, 4.69) is 20.8 Å². The van der Waals surface area contributed by atoms with Crippen LogP contribution < -0.4 is 0 Å². The Morgan fingerprint density at radius 1 is 1.50 bits per heavy atom. The van der Waals surface area contributed by atoms with Gasteiger partial charge in [0.05, 0.1) is 6.10 Å². The van der Waals surface area contributed by atoms with Crippen LogP contribution in [0.4, 0.5) is 0 Å². The molecule has 0 aromatic carbocycles. The first kappa shape index (κ1) is 10.3. The Labute approximate surface area is 80.4 Å². The van der Waals surface area contributed by atoms with Crippen molar-refractivity contribution in [1.82, 2.24) is 0 Å². The molecule has 2 atom stereocenters. The molecule has 1 saturated carbocycles. The summed E-state index contributed by atoms with van der Waals surface area (Å²) >= 11 is 5.72. The number of hydrogen-bond acceptors (Lipinski definition) is 1. The van der Waals surface area contributed by atoms with E-state index in [9.17, 15) is 0 Å². The van der Waals surface area contributed by atoms with Crippen LogP contribution in [0.3, 0.4) is 0 Å². The Hall–Kier alpha value is 0.250. The number of ether oxygens (including phenoxy) is 1. The number of alkyl halides is 1. The van der Waals surface area contributed by atoms with Crippen LogP contribution >= 0.6 is 11.6 Å². The van der Waals surface area contributed by atoms with E-state index in [4.69, 9.17) is 16.3 Å². The lowest BCUT2D eigenvalue weighted by atomic mass is 9.59. The molecule has 1 fully saturated rings. The van der Waals surface area contributed by atoms with Crippen molar-refractivity contribution in [2.75, 3.05) is 12.5 Å². The summed E-state index contributed by atoms with van der Waals surface area (Å²) in [5, 5.41) is 0. The molecule has 0 aromatic heterocycles. The second-order valence-corrected chi connectivity index (χ2v) is 4.55. The number of halogens is 1. The van der Waals surface area contributed by atoms with Gasteiger partial charge in [0.15, 0.2) is 0 Å². The molecule has 1 nitrogen and oxygen atoms in total. The first-order valence-corrected chi connectivity index (χ1v) is 5.34. The molecule has 2 heteroatoms. The van der Waals surface area contributed by atoms with E-state index in [0.717, 1.165) is 24.8 Å². The summed E-state index contributed by atoms with van der Waals surface area (Å²) in [5.74, 6) is 1.55. The highest BCUT2D eigenvalue weighted by Gasteiger charge is 2.47. The number of rotatable bonds is 4. The molecule has 0 amide bonds. The molecule has 0 aliphatic heterocycles. The summed E-state index contributed by atoms with van der Waals surface area (Å²) in [6.07, 6.45) is 2.81. The highest BCUT2D eigenvalue weighted by molar-refractivity contribution is 6.17. The second-order valence-electron chi connectivity index (χ2n) is 4.18. The maximum Gasteiger partial charge on any atom is 0.0631 e. The molecular formula is C10H19ClO. The summed E-state index contributed by atoms with van der Waals surface area (Å²) in [6, 6.07) is 0. The van der Waals surface area contributed by atoms with Crippen molar-refractivity contribution in [2.45, 2.75) is 39.7 Å². The lowest BCUT2D eigenvalue weighted by Crippen LogP contribution is -2.50. The highest BCUT2D eigenvalue weighted by atomic mass is 35.5. The van der Waals surface area contributed by atoms with Gasteiger partial charge in [-0.05, 0) is 31.1 Å². The van der Waals surface area contributed by atoms with Crippen molar-refractivity contribution in [3.8, 4) is 0 Å². The lowest BCUT2D eigenvalue weighted by molar-refractivity contribution is -0.135. The predicted octanol–water partition coefficient (Wildman–Crippen LogP) is 3.07. The van der Waals surface area contributed by atoms with Crippen molar-refractivity contribution in [2.24, 2.45) is 11.3 Å². The fourth-order valence-electron chi connectivity index (χ4n) is 2.07. The molecule has 1 rings (SSSR count). The van der Waals surface area contributed by atoms with Crippen LogP contribution in [0, 0.1) is 11.3 Å². The normalized spacial score (nSPS) is 33.0. The standard InChI is InChI=1S/C10H19ClO/c1-4-12-9-7-8(5-6-11)10(9,2)3/h8-9H,4-7H2,1-3H3. The van der Waals surface area contributed by atoms with Crippen molar-refractivity contribution >= 4 is 11.6 Å². The molecule has 72 valence electrons. The molecule has 0 radical (unpaired) electrons. The zero-order valence-electron chi connectivity index (χ0n) is 8.27. The Bertz CT molecular complexity index is 131. The minimum atomic E-state index is 0.352. The minimum absolute atomic E-state index is 0.352. The molecule has 0 bridgehead atoms. The van der Waals surface area contributed by atoms with Gasteiger partial charge < -0.3 is 4.74 Å². The third-order valence-electron chi connectivity index (χ3n) is 3.21.